The van der Waals surface area contributed by atoms with Crippen LogP contribution in [-0.2, 0) is 41.5 Å². The Hall–Kier alpha value is -7.94. The van der Waals surface area contributed by atoms with Crippen LogP contribution in [0.4, 0.5) is 40.6 Å². The van der Waals surface area contributed by atoms with E-state index in [9.17, 15) is 36.7 Å². The van der Waals surface area contributed by atoms with Crippen molar-refractivity contribution in [2.24, 2.45) is 0 Å². The van der Waals surface area contributed by atoms with Gasteiger partial charge in [0.2, 0.25) is 11.9 Å². The highest BCUT2D eigenvalue weighted by Gasteiger charge is 2.28. The zero-order valence-corrected chi connectivity index (χ0v) is 44.7. The van der Waals surface area contributed by atoms with Gasteiger partial charge in [-0.2, -0.15) is 13.2 Å². The van der Waals surface area contributed by atoms with Crippen molar-refractivity contribution in [3.05, 3.63) is 160 Å². The van der Waals surface area contributed by atoms with Crippen LogP contribution in [0.25, 0.3) is 22.2 Å². The summed E-state index contributed by atoms with van der Waals surface area (Å²) in [4.78, 5) is 59.2. The molecule has 2 amide bonds. The van der Waals surface area contributed by atoms with Crippen LogP contribution < -0.4 is 26.2 Å². The molecule has 3 N–H and O–H groups in total. The smallest absolute Gasteiger partial charge is 0.422 e. The largest absolute Gasteiger partial charge is 0.484 e. The molecule has 0 saturated heterocycles. The van der Waals surface area contributed by atoms with E-state index in [1.165, 1.54) is 59.1 Å². The second-order valence-corrected chi connectivity index (χ2v) is 19.0. The topological polar surface area (TPSA) is 186 Å². The first-order valence-corrected chi connectivity index (χ1v) is 25.3. The van der Waals surface area contributed by atoms with Gasteiger partial charge in [-0.15, -0.1) is 0 Å². The maximum Gasteiger partial charge on any atom is 0.422 e. The van der Waals surface area contributed by atoms with Gasteiger partial charge in [0.25, 0.3) is 11.5 Å². The zero-order valence-electron chi connectivity index (χ0n) is 44.7. The van der Waals surface area contributed by atoms with Crippen LogP contribution in [-0.4, -0.2) is 94.9 Å². The van der Waals surface area contributed by atoms with Gasteiger partial charge >= 0.3 is 12.1 Å². The molecule has 0 saturated carbocycles. The number of benzene rings is 5. The van der Waals surface area contributed by atoms with Crippen molar-refractivity contribution in [1.29, 1.82) is 0 Å². The second kappa shape index (κ2) is 27.9. The van der Waals surface area contributed by atoms with Crippen molar-refractivity contribution >= 4 is 51.8 Å². The molecule has 0 aliphatic carbocycles. The quantitative estimate of drug-likeness (QED) is 0.0313. The average Bonchev–Trinajstić information content (AvgIpc) is 3.81. The van der Waals surface area contributed by atoms with Crippen LogP contribution in [0.2, 0.25) is 0 Å². The van der Waals surface area contributed by atoms with Gasteiger partial charge in [0.05, 0.1) is 69.0 Å². The SMILES string of the molecule is CCc1ccc(NC(=O)C(C)n2cncc(-c3ccc(F)c(C)c3)c2=O)cc1.Cc1cccc(Nc2nc3cc(C(=O)Nc4ccc(OCC(F)(F)F)cc4)ccc3n2CCOCCOCCOCCC(=O)OC(C)(C)C)c1. The first-order chi connectivity index (χ1) is 37.2. The number of hydrogen-bond donors (Lipinski definition) is 3. The summed E-state index contributed by atoms with van der Waals surface area (Å²) in [7, 11) is 0. The number of nitrogens with one attached hydrogen (secondary N) is 3. The Morgan fingerprint density at radius 1 is 0.756 bits per heavy atom. The van der Waals surface area contributed by atoms with E-state index in [-0.39, 0.29) is 42.0 Å². The number of fused-ring (bicyclic) bond motifs is 1. The standard InChI is InChI=1S/C36H43F3N4O7.C22H22FN3O2/c1-25-6-5-7-28(22-25)41-34-42-30-23-26(33(45)40-27-9-11-29(12-10-27)49-24-36(37,38)39)8-13-31(30)43(34)15-17-47-19-21-48-20-18-46-16-14-32(44)50-35(2,3)4;1-4-16-5-8-18(9-6-16)25-21(27)15(3)26-13-24-12-19(22(26)28)17-7-10-20(23)14(2)11-17/h5-13,22-23H,14-21,24H2,1-4H3,(H,40,45)(H,41,42);5-13,15H,4H2,1-3H3,(H,25,27). The van der Waals surface area contributed by atoms with Crippen LogP contribution in [0, 0.1) is 19.7 Å². The molecule has 2 heterocycles. The van der Waals surface area contributed by atoms with Crippen molar-refractivity contribution in [1.82, 2.24) is 19.1 Å². The molecule has 78 heavy (non-hydrogen) atoms. The summed E-state index contributed by atoms with van der Waals surface area (Å²) in [5, 5.41) is 8.93. The summed E-state index contributed by atoms with van der Waals surface area (Å²) < 4.78 is 80.9. The zero-order chi connectivity index (χ0) is 56.4. The lowest BCUT2D eigenvalue weighted by atomic mass is 10.1. The maximum absolute atomic E-state index is 13.5. The van der Waals surface area contributed by atoms with Gasteiger partial charge in [0, 0.05) is 35.4 Å². The lowest BCUT2D eigenvalue weighted by Crippen LogP contribution is -2.32. The number of carbonyl (C=O) groups is 3. The van der Waals surface area contributed by atoms with Gasteiger partial charge in [-0.05, 0) is 149 Å². The van der Waals surface area contributed by atoms with Crippen LogP contribution in [0.15, 0.2) is 127 Å². The fourth-order valence-corrected chi connectivity index (χ4v) is 7.60. The van der Waals surface area contributed by atoms with Crippen LogP contribution in [0.5, 0.6) is 5.75 Å². The molecular formula is C58H65F4N7O9. The van der Waals surface area contributed by atoms with Gasteiger partial charge in [0.15, 0.2) is 6.61 Å². The minimum Gasteiger partial charge on any atom is -0.484 e. The second-order valence-electron chi connectivity index (χ2n) is 19.0. The Balaban J connectivity index is 0.000000296. The fraction of sp³-hybridized carbons (Fsp3) is 0.345. The molecule has 7 aromatic rings. The number of anilines is 4. The van der Waals surface area contributed by atoms with E-state index in [1.807, 2.05) is 80.8 Å². The third-order valence-electron chi connectivity index (χ3n) is 11.6. The molecule has 0 fully saturated rings. The van der Waals surface area contributed by atoms with Crippen molar-refractivity contribution in [3.63, 3.8) is 0 Å². The van der Waals surface area contributed by atoms with E-state index in [0.29, 0.717) is 84.7 Å². The normalized spacial score (nSPS) is 11.8. The van der Waals surface area contributed by atoms with Crippen molar-refractivity contribution in [2.75, 3.05) is 62.2 Å². The predicted octanol–water partition coefficient (Wildman–Crippen LogP) is 11.2. The molecule has 0 aliphatic heterocycles. The minimum absolute atomic E-state index is 0.0378. The third kappa shape index (κ3) is 18.4. The minimum atomic E-state index is -4.44. The van der Waals surface area contributed by atoms with Gasteiger partial charge in [-0.3, -0.25) is 23.7 Å². The highest BCUT2D eigenvalue weighted by atomic mass is 19.4. The number of amides is 2. The Labute approximate surface area is 450 Å². The predicted molar refractivity (Wildman–Crippen MR) is 291 cm³/mol. The molecule has 5 aromatic carbocycles. The van der Waals surface area contributed by atoms with E-state index in [1.54, 1.807) is 38.1 Å². The number of alkyl halides is 3. The lowest BCUT2D eigenvalue weighted by molar-refractivity contribution is -0.156. The Kier molecular flexibility index (Phi) is 21.2. The highest BCUT2D eigenvalue weighted by molar-refractivity contribution is 6.06. The summed E-state index contributed by atoms with van der Waals surface area (Å²) >= 11 is 0. The van der Waals surface area contributed by atoms with Crippen molar-refractivity contribution in [2.45, 2.75) is 85.7 Å². The monoisotopic (exact) mass is 1080 g/mol. The Morgan fingerprint density at radius 3 is 2.08 bits per heavy atom. The summed E-state index contributed by atoms with van der Waals surface area (Å²) in [6.45, 7) is 13.9. The number of rotatable bonds is 23. The van der Waals surface area contributed by atoms with Gasteiger partial charge in [0.1, 0.15) is 23.2 Å². The molecule has 20 heteroatoms. The average molecular weight is 1080 g/mol. The van der Waals surface area contributed by atoms with E-state index in [0.717, 1.165) is 23.2 Å². The number of carbonyl (C=O) groups excluding carboxylic acids is 3. The maximum atomic E-state index is 13.5. The fourth-order valence-electron chi connectivity index (χ4n) is 7.60. The Bertz CT molecular complexity index is 3170. The number of esters is 1. The lowest BCUT2D eigenvalue weighted by Gasteiger charge is -2.19. The Morgan fingerprint density at radius 2 is 1.42 bits per heavy atom. The molecule has 0 spiro atoms. The summed E-state index contributed by atoms with van der Waals surface area (Å²) in [6.07, 6.45) is -0.573. The molecule has 1 unspecified atom stereocenters. The van der Waals surface area contributed by atoms with E-state index < -0.39 is 30.3 Å². The molecule has 0 bridgehead atoms. The molecule has 1 atom stereocenters. The highest BCUT2D eigenvalue weighted by Crippen LogP contribution is 2.27. The molecular weight excluding hydrogens is 1010 g/mol. The van der Waals surface area contributed by atoms with Gasteiger partial charge in [-0.25, -0.2) is 14.4 Å². The van der Waals surface area contributed by atoms with Crippen molar-refractivity contribution < 1.29 is 55.6 Å². The molecule has 414 valence electrons. The molecule has 2 aromatic heterocycles. The number of aryl methyl sites for hydroxylation is 3. The molecule has 0 aliphatic rings. The summed E-state index contributed by atoms with van der Waals surface area (Å²) in [5.41, 5.74) is 6.33. The van der Waals surface area contributed by atoms with Gasteiger partial charge < -0.3 is 44.2 Å². The number of nitrogens with zero attached hydrogens (tertiary/aromatic N) is 4. The number of ether oxygens (including phenoxy) is 5. The van der Waals surface area contributed by atoms with E-state index in [2.05, 4.69) is 27.9 Å². The number of imidazole rings is 1. The first kappa shape index (κ1) is 59.3. The first-order valence-electron chi connectivity index (χ1n) is 25.3. The number of hydrogen-bond acceptors (Lipinski definition) is 12. The molecule has 16 nitrogen and oxygen atoms in total. The van der Waals surface area contributed by atoms with Crippen LogP contribution in [0.1, 0.15) is 74.1 Å². The van der Waals surface area contributed by atoms with E-state index >= 15 is 0 Å². The van der Waals surface area contributed by atoms with Crippen LogP contribution >= 0.6 is 0 Å². The van der Waals surface area contributed by atoms with E-state index in [4.69, 9.17) is 28.7 Å². The van der Waals surface area contributed by atoms with Crippen LogP contribution in [0.3, 0.4) is 0 Å². The number of halogens is 4. The molecule has 0 radical (unpaired) electrons. The summed E-state index contributed by atoms with van der Waals surface area (Å²) in [6, 6.07) is 29.9. The number of aromatic nitrogens is 4. The third-order valence-corrected chi connectivity index (χ3v) is 11.6. The summed E-state index contributed by atoms with van der Waals surface area (Å²) in [5.74, 6) is -0.758. The van der Waals surface area contributed by atoms with Crippen molar-refractivity contribution in [3.8, 4) is 16.9 Å². The van der Waals surface area contributed by atoms with Gasteiger partial charge in [-0.1, -0.05) is 37.3 Å². The molecule has 7 rings (SSSR count).